The molecule has 0 saturated carbocycles. The molecule has 0 bridgehead atoms. The van der Waals surface area contributed by atoms with Gasteiger partial charge in [-0.3, -0.25) is 4.68 Å². The number of nitrogens with zero attached hydrogens (tertiary/aromatic N) is 2. The number of nitrogens with one attached hydrogen (secondary N) is 1. The normalized spacial score (nSPS) is 12.0. The van der Waals surface area contributed by atoms with Gasteiger partial charge in [0.2, 0.25) is 0 Å². The lowest BCUT2D eigenvalue weighted by Crippen LogP contribution is -2.31. The summed E-state index contributed by atoms with van der Waals surface area (Å²) >= 11 is 1.86. The summed E-state index contributed by atoms with van der Waals surface area (Å²) in [5.74, 6) is 0. The van der Waals surface area contributed by atoms with E-state index in [1.54, 1.807) is 4.68 Å². The van der Waals surface area contributed by atoms with Crippen LogP contribution in [0.3, 0.4) is 0 Å². The van der Waals surface area contributed by atoms with Crippen LogP contribution >= 0.6 is 11.8 Å². The molecule has 0 amide bonds. The molecule has 0 saturated heterocycles. The Morgan fingerprint density at radius 1 is 1.56 bits per heavy atom. The van der Waals surface area contributed by atoms with Crippen molar-refractivity contribution in [3.05, 3.63) is 18.0 Å². The van der Waals surface area contributed by atoms with E-state index in [0.717, 1.165) is 18.7 Å². The van der Waals surface area contributed by atoms with Crippen molar-refractivity contribution in [2.24, 2.45) is 0 Å². The molecule has 1 rings (SSSR count). The van der Waals surface area contributed by atoms with Crippen molar-refractivity contribution in [1.29, 1.82) is 0 Å². The van der Waals surface area contributed by atoms with E-state index in [9.17, 15) is 0 Å². The summed E-state index contributed by atoms with van der Waals surface area (Å²) in [7, 11) is 0. The second-order valence-corrected chi connectivity index (χ2v) is 5.92. The fourth-order valence-electron chi connectivity index (χ4n) is 1.30. The molecule has 92 valence electrons. The third-order valence-electron chi connectivity index (χ3n) is 2.45. The molecule has 5 heteroatoms. The van der Waals surface area contributed by atoms with Gasteiger partial charge in [0.25, 0.3) is 0 Å². The Bertz CT molecular complexity index is 312. The minimum Gasteiger partial charge on any atom is -0.394 e. The van der Waals surface area contributed by atoms with Crippen molar-refractivity contribution in [1.82, 2.24) is 15.1 Å². The molecule has 0 fully saturated rings. The Morgan fingerprint density at radius 2 is 2.31 bits per heavy atom. The molecule has 0 atom stereocenters. The van der Waals surface area contributed by atoms with Gasteiger partial charge in [0, 0.05) is 29.6 Å². The van der Waals surface area contributed by atoms with E-state index in [2.05, 4.69) is 30.5 Å². The topological polar surface area (TPSA) is 50.1 Å². The van der Waals surface area contributed by atoms with E-state index in [1.807, 2.05) is 24.2 Å². The van der Waals surface area contributed by atoms with Gasteiger partial charge < -0.3 is 10.4 Å². The van der Waals surface area contributed by atoms with Gasteiger partial charge in [-0.05, 0) is 20.1 Å². The number of thioether (sulfide) groups is 1. The van der Waals surface area contributed by atoms with Crippen molar-refractivity contribution in [2.75, 3.05) is 19.4 Å². The zero-order chi connectivity index (χ0) is 12.0. The van der Waals surface area contributed by atoms with Crippen molar-refractivity contribution < 1.29 is 5.11 Å². The summed E-state index contributed by atoms with van der Waals surface area (Å²) < 4.78 is 2.03. The summed E-state index contributed by atoms with van der Waals surface area (Å²) in [5, 5.41) is 16.3. The lowest BCUT2D eigenvalue weighted by atomic mass is 10.2. The first-order valence-electron chi connectivity index (χ1n) is 5.45. The van der Waals surface area contributed by atoms with E-state index in [1.165, 1.54) is 0 Å². The highest BCUT2D eigenvalue weighted by Crippen LogP contribution is 2.19. The highest BCUT2D eigenvalue weighted by molar-refractivity contribution is 7.99. The monoisotopic (exact) mass is 243 g/mol. The maximum Gasteiger partial charge on any atom is 0.0640 e. The van der Waals surface area contributed by atoms with E-state index >= 15 is 0 Å². The average molecular weight is 243 g/mol. The van der Waals surface area contributed by atoms with Gasteiger partial charge in [-0.1, -0.05) is 0 Å². The maximum absolute atomic E-state index is 8.76. The van der Waals surface area contributed by atoms with Gasteiger partial charge >= 0.3 is 0 Å². The van der Waals surface area contributed by atoms with Crippen molar-refractivity contribution in [2.45, 2.75) is 31.7 Å². The van der Waals surface area contributed by atoms with E-state index in [4.69, 9.17) is 5.11 Å². The largest absolute Gasteiger partial charge is 0.394 e. The molecule has 0 aliphatic carbocycles. The standard InChI is InChI=1S/C11H21N3OS/c1-11(2,16-3)9-12-6-10-7-13-14(8-10)4-5-15/h7-8,12,15H,4-6,9H2,1-3H3. The molecule has 2 N–H and O–H groups in total. The van der Waals surface area contributed by atoms with E-state index in [-0.39, 0.29) is 11.4 Å². The van der Waals surface area contributed by atoms with Gasteiger partial charge in [0.15, 0.2) is 0 Å². The molecule has 0 aromatic carbocycles. The smallest absolute Gasteiger partial charge is 0.0640 e. The predicted octanol–water partition coefficient (Wildman–Crippen LogP) is 1.11. The third-order valence-corrected chi connectivity index (χ3v) is 3.70. The summed E-state index contributed by atoms with van der Waals surface area (Å²) in [5.41, 5.74) is 1.16. The SMILES string of the molecule is CSC(C)(C)CNCc1cnn(CCO)c1. The molecule has 0 spiro atoms. The molecule has 4 nitrogen and oxygen atoms in total. The molecule has 0 aliphatic rings. The molecule has 1 heterocycles. The minimum absolute atomic E-state index is 0.133. The Kier molecular flexibility index (Phi) is 5.31. The zero-order valence-electron chi connectivity index (χ0n) is 10.2. The van der Waals surface area contributed by atoms with Crippen LogP contribution < -0.4 is 5.32 Å². The fourth-order valence-corrected chi connectivity index (χ4v) is 1.55. The molecule has 1 aromatic heterocycles. The molecule has 0 unspecified atom stereocenters. The summed E-state index contributed by atoms with van der Waals surface area (Å²) in [6.45, 7) is 6.94. The Morgan fingerprint density at radius 3 is 2.94 bits per heavy atom. The van der Waals surface area contributed by atoms with Crippen LogP contribution in [0.15, 0.2) is 12.4 Å². The number of hydrogen-bond acceptors (Lipinski definition) is 4. The second kappa shape index (κ2) is 6.27. The summed E-state index contributed by atoms with van der Waals surface area (Å²) in [6.07, 6.45) is 5.94. The van der Waals surface area contributed by atoms with Gasteiger partial charge in [0.1, 0.15) is 0 Å². The van der Waals surface area contributed by atoms with Crippen molar-refractivity contribution >= 4 is 11.8 Å². The van der Waals surface area contributed by atoms with Crippen molar-refractivity contribution in [3.63, 3.8) is 0 Å². The van der Waals surface area contributed by atoms with Gasteiger partial charge in [-0.15, -0.1) is 0 Å². The predicted molar refractivity (Wildman–Crippen MR) is 68.6 cm³/mol. The van der Waals surface area contributed by atoms with Crippen molar-refractivity contribution in [3.8, 4) is 0 Å². The van der Waals surface area contributed by atoms with E-state index in [0.29, 0.717) is 6.54 Å². The Balaban J connectivity index is 2.31. The molecular formula is C11H21N3OS. The van der Waals surface area contributed by atoms with Gasteiger partial charge in [0.05, 0.1) is 19.3 Å². The number of aliphatic hydroxyl groups excluding tert-OH is 1. The van der Waals surface area contributed by atoms with E-state index < -0.39 is 0 Å². The van der Waals surface area contributed by atoms with Crippen LogP contribution in [0.2, 0.25) is 0 Å². The van der Waals surface area contributed by atoms with Crippen LogP contribution in [-0.4, -0.2) is 39.0 Å². The van der Waals surface area contributed by atoms with Gasteiger partial charge in [-0.2, -0.15) is 16.9 Å². The quantitative estimate of drug-likeness (QED) is 0.753. The molecule has 0 aliphatic heterocycles. The molecule has 0 radical (unpaired) electrons. The van der Waals surface area contributed by atoms with Crippen LogP contribution in [0.5, 0.6) is 0 Å². The number of aliphatic hydroxyl groups is 1. The third kappa shape index (κ3) is 4.55. The Labute approximate surface area is 101 Å². The zero-order valence-corrected chi connectivity index (χ0v) is 11.0. The summed E-state index contributed by atoms with van der Waals surface area (Å²) in [6, 6.07) is 0. The molecular weight excluding hydrogens is 222 g/mol. The first-order chi connectivity index (χ1) is 7.57. The van der Waals surface area contributed by atoms with Crippen LogP contribution in [0.1, 0.15) is 19.4 Å². The lowest BCUT2D eigenvalue weighted by molar-refractivity contribution is 0.269. The second-order valence-electron chi connectivity index (χ2n) is 4.40. The number of hydrogen-bond donors (Lipinski definition) is 2. The maximum atomic E-state index is 8.76. The lowest BCUT2D eigenvalue weighted by Gasteiger charge is -2.22. The first-order valence-corrected chi connectivity index (χ1v) is 6.68. The highest BCUT2D eigenvalue weighted by Gasteiger charge is 2.14. The first kappa shape index (κ1) is 13.5. The van der Waals surface area contributed by atoms with Crippen LogP contribution in [0.4, 0.5) is 0 Å². The van der Waals surface area contributed by atoms with Crippen LogP contribution in [0.25, 0.3) is 0 Å². The number of rotatable bonds is 7. The van der Waals surface area contributed by atoms with Crippen LogP contribution in [0, 0.1) is 0 Å². The minimum atomic E-state index is 0.133. The molecule has 1 aromatic rings. The summed E-state index contributed by atoms with van der Waals surface area (Å²) in [4.78, 5) is 0. The molecule has 16 heavy (non-hydrogen) atoms. The average Bonchev–Trinajstić information content (AvgIpc) is 2.66. The van der Waals surface area contributed by atoms with Gasteiger partial charge in [-0.25, -0.2) is 0 Å². The Hall–Kier alpha value is -0.520. The fraction of sp³-hybridized carbons (Fsp3) is 0.727. The highest BCUT2D eigenvalue weighted by atomic mass is 32.2. The van der Waals surface area contributed by atoms with Crippen LogP contribution in [-0.2, 0) is 13.1 Å². The number of aromatic nitrogens is 2.